The summed E-state index contributed by atoms with van der Waals surface area (Å²) in [7, 11) is 0. The smallest absolute Gasteiger partial charge is 0.128 e. The lowest BCUT2D eigenvalue weighted by Gasteiger charge is -2.14. The minimum atomic E-state index is 0.145. The first-order valence-corrected chi connectivity index (χ1v) is 10.4. The molecule has 0 atom stereocenters. The second kappa shape index (κ2) is 8.09. The van der Waals surface area contributed by atoms with E-state index in [1.807, 2.05) is 55.6 Å². The standard InChI is InChI=1S/C23H23N3O2S/c1-4-17-10-18(19(27)11-20(17)28-12-16-8-6-5-7-9-16)22-21(15(3)25-26-22)23-24-14(2)13-29-23/h5-11,13,27H,4,12H2,1-3H3,(H,25,26). The maximum absolute atomic E-state index is 10.8. The number of aromatic amines is 1. The highest BCUT2D eigenvalue weighted by Gasteiger charge is 2.21. The van der Waals surface area contributed by atoms with Gasteiger partial charge >= 0.3 is 0 Å². The Morgan fingerprint density at radius 3 is 2.62 bits per heavy atom. The Labute approximate surface area is 174 Å². The quantitative estimate of drug-likeness (QED) is 0.434. The molecule has 0 saturated heterocycles. The van der Waals surface area contributed by atoms with Crippen LogP contribution in [0.1, 0.15) is 29.4 Å². The van der Waals surface area contributed by atoms with Crippen LogP contribution < -0.4 is 4.74 Å². The van der Waals surface area contributed by atoms with Gasteiger partial charge in [0.1, 0.15) is 28.8 Å². The topological polar surface area (TPSA) is 71.0 Å². The van der Waals surface area contributed by atoms with E-state index in [0.29, 0.717) is 23.6 Å². The van der Waals surface area contributed by atoms with Crippen molar-refractivity contribution in [1.29, 1.82) is 0 Å². The Bertz CT molecular complexity index is 1130. The molecule has 29 heavy (non-hydrogen) atoms. The van der Waals surface area contributed by atoms with Gasteiger partial charge in [-0.05, 0) is 37.5 Å². The first-order valence-electron chi connectivity index (χ1n) is 9.57. The minimum Gasteiger partial charge on any atom is -0.507 e. The zero-order chi connectivity index (χ0) is 20.4. The Morgan fingerprint density at radius 1 is 1.14 bits per heavy atom. The molecule has 0 aliphatic rings. The SMILES string of the molecule is CCc1cc(-c2n[nH]c(C)c2-c2nc(C)cs2)c(O)cc1OCc1ccccc1. The number of hydrogen-bond acceptors (Lipinski definition) is 5. The van der Waals surface area contributed by atoms with Crippen LogP contribution in [0.15, 0.2) is 47.8 Å². The van der Waals surface area contributed by atoms with E-state index < -0.39 is 0 Å². The second-order valence-electron chi connectivity index (χ2n) is 6.97. The van der Waals surface area contributed by atoms with Crippen molar-refractivity contribution in [3.63, 3.8) is 0 Å². The summed E-state index contributed by atoms with van der Waals surface area (Å²) in [4.78, 5) is 4.61. The largest absolute Gasteiger partial charge is 0.507 e. The number of H-pyrrole nitrogens is 1. The van der Waals surface area contributed by atoms with Crippen molar-refractivity contribution in [3.05, 3.63) is 70.4 Å². The molecule has 4 aromatic rings. The fourth-order valence-corrected chi connectivity index (χ4v) is 4.20. The number of aromatic hydroxyl groups is 1. The average molecular weight is 406 g/mol. The van der Waals surface area contributed by atoms with Gasteiger partial charge in [-0.1, -0.05) is 37.3 Å². The van der Waals surface area contributed by atoms with Gasteiger partial charge < -0.3 is 9.84 Å². The van der Waals surface area contributed by atoms with Crippen LogP contribution in [0.5, 0.6) is 11.5 Å². The molecule has 0 aliphatic carbocycles. The lowest BCUT2D eigenvalue weighted by molar-refractivity contribution is 0.301. The third kappa shape index (κ3) is 3.89. The van der Waals surface area contributed by atoms with Gasteiger partial charge in [-0.2, -0.15) is 5.10 Å². The molecule has 0 spiro atoms. The summed E-state index contributed by atoms with van der Waals surface area (Å²) in [5.74, 6) is 0.836. The van der Waals surface area contributed by atoms with E-state index in [9.17, 15) is 5.11 Å². The number of rotatable bonds is 6. The molecule has 4 rings (SSSR count). The highest BCUT2D eigenvalue weighted by atomic mass is 32.1. The first-order chi connectivity index (χ1) is 14.1. The molecule has 0 amide bonds. The minimum absolute atomic E-state index is 0.145. The van der Waals surface area contributed by atoms with Crippen molar-refractivity contribution < 1.29 is 9.84 Å². The summed E-state index contributed by atoms with van der Waals surface area (Å²) < 4.78 is 6.01. The molecular formula is C23H23N3O2S. The highest BCUT2D eigenvalue weighted by Crippen LogP contribution is 2.41. The summed E-state index contributed by atoms with van der Waals surface area (Å²) in [6, 6.07) is 13.7. The number of aryl methyl sites for hydroxylation is 3. The Balaban J connectivity index is 1.71. The van der Waals surface area contributed by atoms with Crippen molar-refractivity contribution in [2.75, 3.05) is 0 Å². The van der Waals surface area contributed by atoms with E-state index in [-0.39, 0.29) is 5.75 Å². The third-order valence-corrected chi connectivity index (χ3v) is 5.81. The number of phenolic OH excluding ortho intramolecular Hbond substituents is 1. The molecule has 5 nitrogen and oxygen atoms in total. The van der Waals surface area contributed by atoms with E-state index in [0.717, 1.165) is 39.5 Å². The van der Waals surface area contributed by atoms with E-state index in [4.69, 9.17) is 4.74 Å². The number of thiazole rings is 1. The second-order valence-corrected chi connectivity index (χ2v) is 7.83. The molecule has 0 unspecified atom stereocenters. The van der Waals surface area contributed by atoms with Gasteiger partial charge in [0.05, 0.1) is 5.56 Å². The van der Waals surface area contributed by atoms with Crippen molar-refractivity contribution in [1.82, 2.24) is 15.2 Å². The predicted octanol–water partition coefficient (Wildman–Crippen LogP) is 5.66. The van der Waals surface area contributed by atoms with Crippen LogP contribution in [0.25, 0.3) is 21.8 Å². The van der Waals surface area contributed by atoms with Crippen LogP contribution >= 0.6 is 11.3 Å². The summed E-state index contributed by atoms with van der Waals surface area (Å²) >= 11 is 1.58. The maximum atomic E-state index is 10.8. The molecular weight excluding hydrogens is 382 g/mol. The van der Waals surface area contributed by atoms with Crippen LogP contribution in [-0.4, -0.2) is 20.3 Å². The van der Waals surface area contributed by atoms with Gasteiger partial charge in [-0.15, -0.1) is 11.3 Å². The van der Waals surface area contributed by atoms with E-state index in [2.05, 4.69) is 22.1 Å². The maximum Gasteiger partial charge on any atom is 0.128 e. The molecule has 6 heteroatoms. The summed E-state index contributed by atoms with van der Waals surface area (Å²) in [5.41, 5.74) is 6.33. The lowest BCUT2D eigenvalue weighted by Crippen LogP contribution is -1.99. The number of ether oxygens (including phenoxy) is 1. The Morgan fingerprint density at radius 2 is 1.93 bits per heavy atom. The summed E-state index contributed by atoms with van der Waals surface area (Å²) in [6.07, 6.45) is 0.784. The molecule has 148 valence electrons. The Hall–Kier alpha value is -3.12. The average Bonchev–Trinajstić information content (AvgIpc) is 3.32. The van der Waals surface area contributed by atoms with E-state index in [1.165, 1.54) is 0 Å². The zero-order valence-electron chi connectivity index (χ0n) is 16.7. The van der Waals surface area contributed by atoms with E-state index >= 15 is 0 Å². The predicted molar refractivity (Wildman–Crippen MR) is 116 cm³/mol. The van der Waals surface area contributed by atoms with Crippen molar-refractivity contribution >= 4 is 11.3 Å². The Kier molecular flexibility index (Phi) is 5.36. The van der Waals surface area contributed by atoms with E-state index in [1.54, 1.807) is 17.4 Å². The monoisotopic (exact) mass is 405 g/mol. The van der Waals surface area contributed by atoms with Crippen molar-refractivity contribution in [2.24, 2.45) is 0 Å². The van der Waals surface area contributed by atoms with Gasteiger partial charge in [0.15, 0.2) is 0 Å². The molecule has 0 aliphatic heterocycles. The molecule has 0 fully saturated rings. The number of phenols is 1. The van der Waals surface area contributed by atoms with Gasteiger partial charge in [-0.3, -0.25) is 5.10 Å². The van der Waals surface area contributed by atoms with Crippen LogP contribution in [-0.2, 0) is 13.0 Å². The van der Waals surface area contributed by atoms with Gasteiger partial charge in [0.2, 0.25) is 0 Å². The van der Waals surface area contributed by atoms with Crippen LogP contribution in [0.3, 0.4) is 0 Å². The number of aromatic nitrogens is 3. The first kappa shape index (κ1) is 19.2. The number of nitrogens with one attached hydrogen (secondary N) is 1. The molecule has 2 aromatic heterocycles. The summed E-state index contributed by atoms with van der Waals surface area (Å²) in [6.45, 7) is 6.47. The molecule has 2 heterocycles. The summed E-state index contributed by atoms with van der Waals surface area (Å²) in [5, 5.41) is 21.2. The van der Waals surface area contributed by atoms with Crippen LogP contribution in [0, 0.1) is 13.8 Å². The number of benzene rings is 2. The van der Waals surface area contributed by atoms with Crippen LogP contribution in [0.2, 0.25) is 0 Å². The molecule has 0 radical (unpaired) electrons. The molecule has 0 saturated carbocycles. The molecule has 2 aromatic carbocycles. The fraction of sp³-hybridized carbons (Fsp3) is 0.217. The van der Waals surface area contributed by atoms with Crippen LogP contribution in [0.4, 0.5) is 0 Å². The van der Waals surface area contributed by atoms with Crippen molar-refractivity contribution in [2.45, 2.75) is 33.8 Å². The zero-order valence-corrected chi connectivity index (χ0v) is 17.5. The van der Waals surface area contributed by atoms with Gasteiger partial charge in [0, 0.05) is 28.4 Å². The third-order valence-electron chi connectivity index (χ3n) is 4.83. The van der Waals surface area contributed by atoms with Gasteiger partial charge in [-0.25, -0.2) is 4.98 Å². The lowest BCUT2D eigenvalue weighted by atomic mass is 10.0. The molecule has 2 N–H and O–H groups in total. The normalized spacial score (nSPS) is 11.0. The van der Waals surface area contributed by atoms with Crippen molar-refractivity contribution in [3.8, 4) is 33.3 Å². The number of nitrogens with zero attached hydrogens (tertiary/aromatic N) is 2. The van der Waals surface area contributed by atoms with Gasteiger partial charge in [0.25, 0.3) is 0 Å². The number of hydrogen-bond donors (Lipinski definition) is 2. The fourth-order valence-electron chi connectivity index (χ4n) is 3.30. The highest BCUT2D eigenvalue weighted by molar-refractivity contribution is 7.13. The molecule has 0 bridgehead atoms.